The van der Waals surface area contributed by atoms with Crippen molar-refractivity contribution in [1.82, 2.24) is 10.6 Å². The molecule has 1 aliphatic heterocycles. The monoisotopic (exact) mass is 576 g/mol. The van der Waals surface area contributed by atoms with E-state index >= 15 is 0 Å². The number of rotatable bonds is 10. The molecule has 2 N–H and O–H groups in total. The van der Waals surface area contributed by atoms with Crippen molar-refractivity contribution in [2.75, 3.05) is 13.7 Å². The fourth-order valence-corrected chi connectivity index (χ4v) is 3.28. The summed E-state index contributed by atoms with van der Waals surface area (Å²) in [6, 6.07) is -3.89. The van der Waals surface area contributed by atoms with Crippen LogP contribution in [-0.4, -0.2) is 91.9 Å². The Morgan fingerprint density at radius 3 is 1.92 bits per heavy atom. The van der Waals surface area contributed by atoms with Gasteiger partial charge in [-0.1, -0.05) is 0 Å². The molecule has 0 aliphatic carbocycles. The second-order valence-electron chi connectivity index (χ2n) is 7.93. The first-order valence-corrected chi connectivity index (χ1v) is 10.8. The number of ether oxygens (including phenoxy) is 5. The van der Waals surface area contributed by atoms with Crippen molar-refractivity contribution in [3.8, 4) is 0 Å². The van der Waals surface area contributed by atoms with Gasteiger partial charge in [-0.15, -0.1) is 0 Å². The molecule has 39 heavy (non-hydrogen) atoms. The first kappa shape index (κ1) is 33.0. The Morgan fingerprint density at radius 1 is 0.923 bits per heavy atom. The third kappa shape index (κ3) is 9.06. The minimum Gasteiger partial charge on any atom is -0.477 e. The maximum absolute atomic E-state index is 13.8. The number of hydrogen-bond acceptors (Lipinski definition) is 11. The van der Waals surface area contributed by atoms with Gasteiger partial charge >= 0.3 is 41.9 Å². The lowest BCUT2D eigenvalue weighted by Crippen LogP contribution is -2.67. The number of alkyl halides is 5. The third-order valence-electron chi connectivity index (χ3n) is 4.79. The van der Waals surface area contributed by atoms with Crippen LogP contribution in [0.25, 0.3) is 0 Å². The van der Waals surface area contributed by atoms with E-state index < -0.39 is 90.6 Å². The van der Waals surface area contributed by atoms with Crippen LogP contribution in [-0.2, 0) is 52.5 Å². The summed E-state index contributed by atoms with van der Waals surface area (Å²) in [5.41, 5.74) is 0. The minimum absolute atomic E-state index is 0.734. The summed E-state index contributed by atoms with van der Waals surface area (Å²) in [4.78, 5) is 71.1. The van der Waals surface area contributed by atoms with Crippen molar-refractivity contribution in [3.63, 3.8) is 0 Å². The molecule has 5 atom stereocenters. The van der Waals surface area contributed by atoms with Crippen LogP contribution in [0.1, 0.15) is 27.7 Å². The summed E-state index contributed by atoms with van der Waals surface area (Å²) in [5.74, 6) is -14.9. The molecule has 0 bridgehead atoms. The fourth-order valence-electron chi connectivity index (χ4n) is 3.28. The average molecular weight is 576 g/mol. The zero-order chi connectivity index (χ0) is 30.3. The van der Waals surface area contributed by atoms with Crippen LogP contribution in [0.5, 0.6) is 0 Å². The fraction of sp³-hybridized carbons (Fsp3) is 0.619. The highest BCUT2D eigenvalue weighted by molar-refractivity contribution is 5.88. The van der Waals surface area contributed by atoms with Gasteiger partial charge < -0.3 is 34.3 Å². The maximum atomic E-state index is 13.8. The molecule has 220 valence electrons. The van der Waals surface area contributed by atoms with E-state index in [0.717, 1.165) is 40.9 Å². The molecular formula is C21H25F5N2O11. The van der Waals surface area contributed by atoms with Crippen molar-refractivity contribution in [1.29, 1.82) is 0 Å². The van der Waals surface area contributed by atoms with Gasteiger partial charge in [0.1, 0.15) is 6.61 Å². The predicted octanol–water partition coefficient (Wildman–Crippen LogP) is 0.0557. The molecule has 0 unspecified atom stereocenters. The second kappa shape index (κ2) is 13.2. The molecule has 2 amide bonds. The van der Waals surface area contributed by atoms with E-state index in [9.17, 15) is 50.7 Å². The van der Waals surface area contributed by atoms with Gasteiger partial charge in [0.05, 0.1) is 19.2 Å². The Kier molecular flexibility index (Phi) is 11.2. The minimum atomic E-state index is -6.34. The van der Waals surface area contributed by atoms with Crippen molar-refractivity contribution < 1.29 is 74.4 Å². The Bertz CT molecular complexity index is 1010. The molecular weight excluding hydrogens is 551 g/mol. The van der Waals surface area contributed by atoms with Crippen LogP contribution < -0.4 is 10.6 Å². The number of hydrogen-bond donors (Lipinski definition) is 2. The molecule has 1 rings (SSSR count). The van der Waals surface area contributed by atoms with Crippen LogP contribution in [0.15, 0.2) is 11.8 Å². The molecule has 1 aliphatic rings. The van der Waals surface area contributed by atoms with E-state index in [1.807, 2.05) is 0 Å². The molecule has 0 radical (unpaired) electrons. The molecule has 0 saturated carbocycles. The van der Waals surface area contributed by atoms with Crippen molar-refractivity contribution in [2.45, 2.75) is 70.2 Å². The highest BCUT2D eigenvalue weighted by atomic mass is 19.4. The molecule has 0 aromatic rings. The van der Waals surface area contributed by atoms with Gasteiger partial charge in [-0.25, -0.2) is 4.79 Å². The van der Waals surface area contributed by atoms with Gasteiger partial charge in [0.15, 0.2) is 18.3 Å². The average Bonchev–Trinajstić information content (AvgIpc) is 2.79. The zero-order valence-electron chi connectivity index (χ0n) is 21.1. The predicted molar refractivity (Wildman–Crippen MR) is 113 cm³/mol. The van der Waals surface area contributed by atoms with Gasteiger partial charge in [0.2, 0.25) is 11.7 Å². The molecule has 0 spiro atoms. The largest absolute Gasteiger partial charge is 0.477 e. The van der Waals surface area contributed by atoms with Crippen LogP contribution in [0, 0.1) is 0 Å². The summed E-state index contributed by atoms with van der Waals surface area (Å²) < 4.78 is 91.0. The SMILES string of the molecule is COC(=O)C1=C[C@@H](NC(C)=O)[C@@H](NC(=O)C(F)(F)C(F)(F)F)[C@H]([C@H](OC(C)=O)[C@@H](COC(C)=O)OC(C)=O)O1. The molecule has 1 heterocycles. The second-order valence-corrected chi connectivity index (χ2v) is 7.93. The summed E-state index contributed by atoms with van der Waals surface area (Å²) in [6.45, 7) is 2.67. The normalized spacial score (nSPS) is 20.7. The first-order valence-electron chi connectivity index (χ1n) is 10.8. The highest BCUT2D eigenvalue weighted by Crippen LogP contribution is 2.36. The molecule has 18 heteroatoms. The Balaban J connectivity index is 3.80. The quantitative estimate of drug-likeness (QED) is 0.205. The topological polar surface area (TPSA) is 173 Å². The van der Waals surface area contributed by atoms with E-state index in [4.69, 9.17) is 18.9 Å². The lowest BCUT2D eigenvalue weighted by Gasteiger charge is -2.42. The smallest absolute Gasteiger partial charge is 0.463 e. The van der Waals surface area contributed by atoms with Gasteiger partial charge in [-0.05, 0) is 6.08 Å². The summed E-state index contributed by atoms with van der Waals surface area (Å²) >= 11 is 0. The third-order valence-corrected chi connectivity index (χ3v) is 4.79. The van der Waals surface area contributed by atoms with Crippen molar-refractivity contribution >= 4 is 35.7 Å². The molecule has 0 fully saturated rings. The van der Waals surface area contributed by atoms with Gasteiger partial charge in [-0.3, -0.25) is 24.0 Å². The van der Waals surface area contributed by atoms with Crippen molar-refractivity contribution in [2.24, 2.45) is 0 Å². The maximum Gasteiger partial charge on any atom is 0.463 e. The van der Waals surface area contributed by atoms with Crippen LogP contribution in [0.4, 0.5) is 22.0 Å². The number of halogens is 5. The van der Waals surface area contributed by atoms with E-state index in [-0.39, 0.29) is 0 Å². The lowest BCUT2D eigenvalue weighted by atomic mass is 9.91. The number of amides is 2. The Labute approximate surface area is 217 Å². The summed E-state index contributed by atoms with van der Waals surface area (Å²) in [6.07, 6.45) is -11.6. The van der Waals surface area contributed by atoms with Crippen LogP contribution >= 0.6 is 0 Å². The van der Waals surface area contributed by atoms with Gasteiger partial charge in [0, 0.05) is 27.7 Å². The zero-order valence-corrected chi connectivity index (χ0v) is 21.1. The van der Waals surface area contributed by atoms with E-state index in [2.05, 4.69) is 10.1 Å². The van der Waals surface area contributed by atoms with Gasteiger partial charge in [-0.2, -0.15) is 22.0 Å². The van der Waals surface area contributed by atoms with Crippen LogP contribution in [0.2, 0.25) is 0 Å². The Morgan fingerprint density at radius 2 is 1.49 bits per heavy atom. The van der Waals surface area contributed by atoms with Crippen LogP contribution in [0.3, 0.4) is 0 Å². The van der Waals surface area contributed by atoms with Gasteiger partial charge in [0.25, 0.3) is 0 Å². The number of carbonyl (C=O) groups is 6. The molecule has 0 saturated heterocycles. The molecule has 0 aromatic carbocycles. The first-order chi connectivity index (χ1) is 17.8. The van der Waals surface area contributed by atoms with Crippen molar-refractivity contribution in [3.05, 3.63) is 11.8 Å². The number of nitrogens with one attached hydrogen (secondary N) is 2. The van der Waals surface area contributed by atoms with E-state index in [1.165, 1.54) is 5.32 Å². The standard InChI is InChI=1S/C21H25F5N2O11/c1-8(29)27-12-6-13(18(33)35-5)39-17(15(12)28-19(34)20(22,23)21(24,25)26)16(38-11(4)32)14(37-10(3)31)7-36-9(2)30/h6,12,14-17H,7H2,1-5H3,(H,27,29)(H,28,34)/t12-,14-,15-,16-,17-/m1/s1. The van der Waals surface area contributed by atoms with E-state index in [1.54, 1.807) is 0 Å². The highest BCUT2D eigenvalue weighted by Gasteiger charge is 2.64. The van der Waals surface area contributed by atoms with E-state index in [0.29, 0.717) is 0 Å². The molecule has 13 nitrogen and oxygen atoms in total. The summed E-state index contributed by atoms with van der Waals surface area (Å²) in [5, 5.41) is 3.52. The summed E-state index contributed by atoms with van der Waals surface area (Å²) in [7, 11) is 0.888. The number of esters is 4. The number of carbonyl (C=O) groups excluding carboxylic acids is 6. The number of methoxy groups -OCH3 is 1. The molecule has 0 aromatic heterocycles. The Hall–Kier alpha value is -3.99. The lowest BCUT2D eigenvalue weighted by molar-refractivity contribution is -0.270.